The van der Waals surface area contributed by atoms with Crippen molar-refractivity contribution in [3.05, 3.63) is 63.9 Å². The number of esters is 1. The lowest BCUT2D eigenvalue weighted by molar-refractivity contribution is 0.0734. The fourth-order valence-electron chi connectivity index (χ4n) is 1.72. The van der Waals surface area contributed by atoms with Crippen LogP contribution in [0.5, 0.6) is 5.75 Å². The van der Waals surface area contributed by atoms with Gasteiger partial charge in [-0.2, -0.15) is 0 Å². The third-order valence-electron chi connectivity index (χ3n) is 2.70. The van der Waals surface area contributed by atoms with E-state index in [1.54, 1.807) is 12.1 Å². The summed E-state index contributed by atoms with van der Waals surface area (Å²) in [6, 6.07) is 8.58. The normalized spacial score (nSPS) is 10.3. The van der Waals surface area contributed by atoms with Crippen LogP contribution >= 0.6 is 11.6 Å². The minimum absolute atomic E-state index is 0.298. The lowest BCUT2D eigenvalue weighted by Gasteiger charge is -2.08. The summed E-state index contributed by atoms with van der Waals surface area (Å²) >= 11 is 6.04. The lowest BCUT2D eigenvalue weighted by atomic mass is 10.1. The number of carbonyl (C=O) groups excluding carboxylic acids is 1. The summed E-state index contributed by atoms with van der Waals surface area (Å²) in [4.78, 5) is 11.9. The summed E-state index contributed by atoms with van der Waals surface area (Å²) in [6.07, 6.45) is 0. The van der Waals surface area contributed by atoms with Gasteiger partial charge < -0.3 is 4.74 Å². The van der Waals surface area contributed by atoms with Gasteiger partial charge in [-0.25, -0.2) is 9.18 Å². The molecular formula is C15H12ClFO2. The number of rotatable bonds is 2. The molecule has 4 heteroatoms. The molecule has 0 saturated carbocycles. The molecule has 0 amide bonds. The molecule has 0 N–H and O–H groups in total. The molecule has 2 rings (SSSR count). The van der Waals surface area contributed by atoms with E-state index < -0.39 is 11.8 Å². The summed E-state index contributed by atoms with van der Waals surface area (Å²) in [5.74, 6) is -0.496. The van der Waals surface area contributed by atoms with Crippen LogP contribution in [0.25, 0.3) is 0 Å². The Morgan fingerprint density at radius 2 is 1.63 bits per heavy atom. The Morgan fingerprint density at radius 3 is 2.16 bits per heavy atom. The molecule has 0 aromatic heterocycles. The van der Waals surface area contributed by atoms with Gasteiger partial charge in [0.1, 0.15) is 11.6 Å². The number of halogens is 2. The third-order valence-corrected chi connectivity index (χ3v) is 3.30. The molecule has 0 unspecified atom stereocenters. The van der Waals surface area contributed by atoms with Gasteiger partial charge in [-0.3, -0.25) is 0 Å². The van der Waals surface area contributed by atoms with Crippen LogP contribution in [0.3, 0.4) is 0 Å². The van der Waals surface area contributed by atoms with Crippen molar-refractivity contribution in [2.24, 2.45) is 0 Å². The number of ether oxygens (including phenoxy) is 1. The first kappa shape index (κ1) is 13.6. The van der Waals surface area contributed by atoms with Gasteiger partial charge in [-0.15, -0.1) is 0 Å². The van der Waals surface area contributed by atoms with Crippen LogP contribution in [0, 0.1) is 19.7 Å². The number of aryl methyl sites for hydroxylation is 2. The van der Waals surface area contributed by atoms with E-state index in [1.807, 2.05) is 13.8 Å². The van der Waals surface area contributed by atoms with Crippen molar-refractivity contribution >= 4 is 17.6 Å². The molecule has 0 aliphatic heterocycles. The second-order valence-corrected chi connectivity index (χ2v) is 4.65. The smallest absolute Gasteiger partial charge is 0.343 e. The van der Waals surface area contributed by atoms with Gasteiger partial charge in [0.2, 0.25) is 0 Å². The van der Waals surface area contributed by atoms with E-state index in [4.69, 9.17) is 16.3 Å². The van der Waals surface area contributed by atoms with E-state index in [0.29, 0.717) is 16.3 Å². The van der Waals surface area contributed by atoms with Crippen LogP contribution in [0.2, 0.25) is 5.02 Å². The maximum absolute atomic E-state index is 12.8. The zero-order valence-corrected chi connectivity index (χ0v) is 11.3. The largest absolute Gasteiger partial charge is 0.423 e. The van der Waals surface area contributed by atoms with E-state index in [2.05, 4.69) is 0 Å². The molecule has 0 bridgehead atoms. The molecule has 0 saturated heterocycles. The molecule has 2 aromatic rings. The van der Waals surface area contributed by atoms with Gasteiger partial charge in [-0.1, -0.05) is 11.6 Å². The van der Waals surface area contributed by atoms with Crippen molar-refractivity contribution in [1.82, 2.24) is 0 Å². The molecule has 98 valence electrons. The Kier molecular flexibility index (Phi) is 3.86. The second kappa shape index (κ2) is 5.41. The number of hydrogen-bond donors (Lipinski definition) is 0. The van der Waals surface area contributed by atoms with Gasteiger partial charge in [-0.05, 0) is 61.4 Å². The maximum Gasteiger partial charge on any atom is 0.343 e. The first-order valence-electron chi connectivity index (χ1n) is 5.72. The summed E-state index contributed by atoms with van der Waals surface area (Å²) in [5.41, 5.74) is 1.97. The SMILES string of the molecule is Cc1cc(OC(=O)c2ccc(F)cc2)cc(C)c1Cl. The molecular weight excluding hydrogens is 267 g/mol. The minimum Gasteiger partial charge on any atom is -0.423 e. The molecule has 2 aromatic carbocycles. The average molecular weight is 279 g/mol. The molecule has 0 aliphatic rings. The maximum atomic E-state index is 12.8. The van der Waals surface area contributed by atoms with Gasteiger partial charge in [0.05, 0.1) is 5.56 Å². The van der Waals surface area contributed by atoms with Crippen LogP contribution in [0.15, 0.2) is 36.4 Å². The van der Waals surface area contributed by atoms with Crippen molar-refractivity contribution in [3.8, 4) is 5.75 Å². The van der Waals surface area contributed by atoms with Crippen molar-refractivity contribution in [2.75, 3.05) is 0 Å². The molecule has 0 aliphatic carbocycles. The third kappa shape index (κ3) is 3.12. The zero-order chi connectivity index (χ0) is 14.0. The van der Waals surface area contributed by atoms with E-state index in [0.717, 1.165) is 11.1 Å². The molecule has 0 spiro atoms. The van der Waals surface area contributed by atoms with Gasteiger partial charge in [0, 0.05) is 5.02 Å². The Bertz CT molecular complexity index is 598. The highest BCUT2D eigenvalue weighted by molar-refractivity contribution is 6.32. The number of benzene rings is 2. The fourth-order valence-corrected chi connectivity index (χ4v) is 1.83. The summed E-state index contributed by atoms with van der Waals surface area (Å²) in [7, 11) is 0. The molecule has 0 radical (unpaired) electrons. The standard InChI is InChI=1S/C15H12ClFO2/c1-9-7-13(8-10(2)14(9)16)19-15(18)11-3-5-12(17)6-4-11/h3-8H,1-2H3. The Labute approximate surface area is 115 Å². The van der Waals surface area contributed by atoms with Crippen LogP contribution in [-0.4, -0.2) is 5.97 Å². The van der Waals surface area contributed by atoms with Crippen LogP contribution in [0.4, 0.5) is 4.39 Å². The first-order chi connectivity index (χ1) is 8.97. The van der Waals surface area contributed by atoms with Crippen LogP contribution in [0.1, 0.15) is 21.5 Å². The fraction of sp³-hybridized carbons (Fsp3) is 0.133. The number of carbonyl (C=O) groups is 1. The minimum atomic E-state index is -0.527. The van der Waals surface area contributed by atoms with Crippen molar-refractivity contribution in [1.29, 1.82) is 0 Å². The highest BCUT2D eigenvalue weighted by Crippen LogP contribution is 2.26. The summed E-state index contributed by atoms with van der Waals surface area (Å²) in [6.45, 7) is 3.68. The molecule has 19 heavy (non-hydrogen) atoms. The monoisotopic (exact) mass is 278 g/mol. The Balaban J connectivity index is 2.22. The van der Waals surface area contributed by atoms with Crippen LogP contribution in [-0.2, 0) is 0 Å². The molecule has 2 nitrogen and oxygen atoms in total. The van der Waals surface area contributed by atoms with E-state index in [-0.39, 0.29) is 0 Å². The zero-order valence-electron chi connectivity index (χ0n) is 10.5. The van der Waals surface area contributed by atoms with E-state index in [9.17, 15) is 9.18 Å². The predicted octanol–water partition coefficient (Wildman–Crippen LogP) is 4.32. The molecule has 0 atom stereocenters. The highest BCUT2D eigenvalue weighted by Gasteiger charge is 2.10. The van der Waals surface area contributed by atoms with Gasteiger partial charge >= 0.3 is 5.97 Å². The summed E-state index contributed by atoms with van der Waals surface area (Å²) < 4.78 is 18.0. The number of hydrogen-bond acceptors (Lipinski definition) is 2. The quantitative estimate of drug-likeness (QED) is 0.604. The Hall–Kier alpha value is -1.87. The summed E-state index contributed by atoms with van der Waals surface area (Å²) in [5, 5.41) is 0.654. The van der Waals surface area contributed by atoms with Crippen molar-refractivity contribution in [3.63, 3.8) is 0 Å². The van der Waals surface area contributed by atoms with Gasteiger partial charge in [0.15, 0.2) is 0 Å². The van der Waals surface area contributed by atoms with Crippen molar-refractivity contribution in [2.45, 2.75) is 13.8 Å². The molecule has 0 fully saturated rings. The topological polar surface area (TPSA) is 26.3 Å². The van der Waals surface area contributed by atoms with E-state index >= 15 is 0 Å². The predicted molar refractivity (Wildman–Crippen MR) is 72.3 cm³/mol. The second-order valence-electron chi connectivity index (χ2n) is 4.27. The first-order valence-corrected chi connectivity index (χ1v) is 6.09. The van der Waals surface area contributed by atoms with Crippen molar-refractivity contribution < 1.29 is 13.9 Å². The molecule has 0 heterocycles. The van der Waals surface area contributed by atoms with Crippen LogP contribution < -0.4 is 4.74 Å². The average Bonchev–Trinajstić information content (AvgIpc) is 2.36. The highest BCUT2D eigenvalue weighted by atomic mass is 35.5. The lowest BCUT2D eigenvalue weighted by Crippen LogP contribution is -2.08. The van der Waals surface area contributed by atoms with E-state index in [1.165, 1.54) is 24.3 Å². The van der Waals surface area contributed by atoms with Gasteiger partial charge in [0.25, 0.3) is 0 Å². The Morgan fingerprint density at radius 1 is 1.11 bits per heavy atom.